The predicted octanol–water partition coefficient (Wildman–Crippen LogP) is 2.62. The summed E-state index contributed by atoms with van der Waals surface area (Å²) in [6.07, 6.45) is 0. The number of nitrogens with one attached hydrogen (secondary N) is 1. The Hall–Kier alpha value is -3.53. The van der Waals surface area contributed by atoms with Gasteiger partial charge in [-0.15, -0.1) is 0 Å². The third-order valence-electron chi connectivity index (χ3n) is 5.03. The Balaban J connectivity index is 1.81. The number of amides is 1. The van der Waals surface area contributed by atoms with Crippen molar-refractivity contribution in [2.75, 3.05) is 32.4 Å². The summed E-state index contributed by atoms with van der Waals surface area (Å²) >= 11 is 0. The number of hydrogen-bond donors (Lipinski definition) is 1. The van der Waals surface area contributed by atoms with Crippen LogP contribution in [0.5, 0.6) is 17.2 Å². The van der Waals surface area contributed by atoms with E-state index < -0.39 is 15.7 Å². The molecular weight excluding hydrogens is 422 g/mol. The molecule has 1 aliphatic rings. The van der Waals surface area contributed by atoms with E-state index in [0.717, 1.165) is 0 Å². The second-order valence-corrected chi connectivity index (χ2v) is 8.81. The smallest absolute Gasteiger partial charge is 0.274 e. The van der Waals surface area contributed by atoms with E-state index in [1.54, 1.807) is 49.6 Å². The minimum absolute atomic E-state index is 0.0962. The van der Waals surface area contributed by atoms with Gasteiger partial charge in [0.15, 0.2) is 0 Å². The number of aromatic nitrogens is 2. The molecule has 1 aliphatic heterocycles. The molecule has 3 aromatic rings. The number of carbonyl (C=O) groups is 1. The molecule has 0 fully saturated rings. The van der Waals surface area contributed by atoms with Crippen molar-refractivity contribution in [1.82, 2.24) is 9.55 Å². The summed E-state index contributed by atoms with van der Waals surface area (Å²) in [5.74, 6) is 1.01. The molecule has 1 aromatic heterocycles. The zero-order valence-electron chi connectivity index (χ0n) is 17.2. The standard InChI is InChI=1S/C21H21N3O6S/c1-28-14-6-4-13(5-7-14)18-19(24-10-11-31(26,27)21(24)23-18)20(25)22-16-12-15(29-2)8-9-17(16)30-3/h4-9,12H,10-11H2,1-3H3,(H,22,25). The van der Waals surface area contributed by atoms with E-state index in [0.29, 0.717) is 28.5 Å². The Kier molecular flexibility index (Phi) is 5.32. The van der Waals surface area contributed by atoms with Gasteiger partial charge in [-0.3, -0.25) is 4.79 Å². The number of rotatable bonds is 6. The van der Waals surface area contributed by atoms with E-state index in [1.807, 2.05) is 0 Å². The zero-order valence-corrected chi connectivity index (χ0v) is 18.0. The largest absolute Gasteiger partial charge is 0.497 e. The molecule has 10 heteroatoms. The number of carbonyl (C=O) groups excluding carboxylic acids is 1. The number of ether oxygens (including phenoxy) is 3. The molecule has 0 aliphatic carbocycles. The van der Waals surface area contributed by atoms with Crippen molar-refractivity contribution in [2.24, 2.45) is 0 Å². The average Bonchev–Trinajstić information content (AvgIpc) is 3.31. The lowest BCUT2D eigenvalue weighted by atomic mass is 10.1. The molecule has 0 spiro atoms. The van der Waals surface area contributed by atoms with Gasteiger partial charge in [-0.25, -0.2) is 13.4 Å². The van der Waals surface area contributed by atoms with Crippen molar-refractivity contribution >= 4 is 21.4 Å². The highest BCUT2D eigenvalue weighted by atomic mass is 32.2. The quantitative estimate of drug-likeness (QED) is 0.624. The molecule has 1 N–H and O–H groups in total. The maximum absolute atomic E-state index is 13.3. The van der Waals surface area contributed by atoms with Gasteiger partial charge in [-0.1, -0.05) is 0 Å². The second kappa shape index (κ2) is 7.95. The number of nitrogens with zero attached hydrogens (tertiary/aromatic N) is 2. The topological polar surface area (TPSA) is 109 Å². The molecule has 0 saturated heterocycles. The van der Waals surface area contributed by atoms with Crippen LogP contribution in [0.15, 0.2) is 47.6 Å². The maximum Gasteiger partial charge on any atom is 0.274 e. The number of methoxy groups -OCH3 is 3. The molecule has 0 bridgehead atoms. The molecule has 162 valence electrons. The molecular formula is C21H21N3O6S. The SMILES string of the molecule is COc1ccc(-c2nc3n(c2C(=O)Nc2cc(OC)ccc2OC)CCS3(=O)=O)cc1. The van der Waals surface area contributed by atoms with Gasteiger partial charge in [0.05, 0.1) is 32.8 Å². The van der Waals surface area contributed by atoms with E-state index in [2.05, 4.69) is 10.3 Å². The van der Waals surface area contributed by atoms with E-state index in [-0.39, 0.29) is 28.8 Å². The van der Waals surface area contributed by atoms with Gasteiger partial charge in [-0.2, -0.15) is 0 Å². The van der Waals surface area contributed by atoms with Gasteiger partial charge in [-0.05, 0) is 36.4 Å². The van der Waals surface area contributed by atoms with Crippen LogP contribution in [0.4, 0.5) is 5.69 Å². The highest BCUT2D eigenvalue weighted by Crippen LogP contribution is 2.34. The number of imidazole rings is 1. The average molecular weight is 443 g/mol. The van der Waals surface area contributed by atoms with Crippen LogP contribution in [0.25, 0.3) is 11.3 Å². The maximum atomic E-state index is 13.3. The summed E-state index contributed by atoms with van der Waals surface area (Å²) in [6, 6.07) is 11.9. The predicted molar refractivity (Wildman–Crippen MR) is 114 cm³/mol. The van der Waals surface area contributed by atoms with E-state index >= 15 is 0 Å². The first kappa shape index (κ1) is 20.7. The summed E-state index contributed by atoms with van der Waals surface area (Å²) in [6.45, 7) is 0.152. The summed E-state index contributed by atoms with van der Waals surface area (Å²) < 4.78 is 42.1. The molecule has 9 nitrogen and oxygen atoms in total. The van der Waals surface area contributed by atoms with Crippen LogP contribution in [0.3, 0.4) is 0 Å². The van der Waals surface area contributed by atoms with Crippen LogP contribution in [-0.2, 0) is 16.4 Å². The van der Waals surface area contributed by atoms with Crippen molar-refractivity contribution in [3.05, 3.63) is 48.2 Å². The normalized spacial score (nSPS) is 14.0. The van der Waals surface area contributed by atoms with Crippen molar-refractivity contribution in [3.8, 4) is 28.5 Å². The number of hydrogen-bond acceptors (Lipinski definition) is 7. The molecule has 2 aromatic carbocycles. The molecule has 0 radical (unpaired) electrons. The van der Waals surface area contributed by atoms with E-state index in [9.17, 15) is 13.2 Å². The lowest BCUT2D eigenvalue weighted by Crippen LogP contribution is -2.18. The first-order valence-corrected chi connectivity index (χ1v) is 11.0. The number of fused-ring (bicyclic) bond motifs is 1. The van der Waals surface area contributed by atoms with Crippen molar-refractivity contribution in [3.63, 3.8) is 0 Å². The molecule has 0 unspecified atom stereocenters. The van der Waals surface area contributed by atoms with Gasteiger partial charge in [0.2, 0.25) is 15.0 Å². The van der Waals surface area contributed by atoms with Crippen molar-refractivity contribution < 1.29 is 27.4 Å². The Morgan fingerprint density at radius 1 is 1.00 bits per heavy atom. The first-order chi connectivity index (χ1) is 14.9. The highest BCUT2D eigenvalue weighted by molar-refractivity contribution is 7.91. The Morgan fingerprint density at radius 2 is 1.68 bits per heavy atom. The van der Waals surface area contributed by atoms with Gasteiger partial charge >= 0.3 is 0 Å². The van der Waals surface area contributed by atoms with Gasteiger partial charge in [0.25, 0.3) is 5.91 Å². The van der Waals surface area contributed by atoms with Gasteiger partial charge in [0, 0.05) is 18.2 Å². The lowest BCUT2D eigenvalue weighted by Gasteiger charge is -2.13. The third kappa shape index (κ3) is 3.70. The molecule has 2 heterocycles. The fourth-order valence-corrected chi connectivity index (χ4v) is 4.81. The van der Waals surface area contributed by atoms with Crippen molar-refractivity contribution in [1.29, 1.82) is 0 Å². The summed E-state index contributed by atoms with van der Waals surface area (Å²) in [7, 11) is 1.00. The molecule has 0 saturated carbocycles. The number of anilines is 1. The molecule has 0 atom stereocenters. The molecule has 31 heavy (non-hydrogen) atoms. The second-order valence-electron chi connectivity index (χ2n) is 6.81. The summed E-state index contributed by atoms with van der Waals surface area (Å²) in [5, 5.41) is 2.69. The monoisotopic (exact) mass is 443 g/mol. The Labute approximate surface area is 179 Å². The van der Waals surface area contributed by atoms with Crippen molar-refractivity contribution in [2.45, 2.75) is 11.7 Å². The van der Waals surface area contributed by atoms with E-state index in [1.165, 1.54) is 18.8 Å². The first-order valence-electron chi connectivity index (χ1n) is 9.39. The van der Waals surface area contributed by atoms with E-state index in [4.69, 9.17) is 14.2 Å². The van der Waals surface area contributed by atoms with Crippen LogP contribution >= 0.6 is 0 Å². The minimum Gasteiger partial charge on any atom is -0.497 e. The third-order valence-corrected chi connectivity index (χ3v) is 6.62. The van der Waals surface area contributed by atoms with Crippen LogP contribution in [0, 0.1) is 0 Å². The highest BCUT2D eigenvalue weighted by Gasteiger charge is 2.35. The fraction of sp³-hybridized carbons (Fsp3) is 0.238. The van der Waals surface area contributed by atoms with Gasteiger partial charge in [0.1, 0.15) is 28.6 Å². The molecule has 4 rings (SSSR count). The number of benzene rings is 2. The Morgan fingerprint density at radius 3 is 2.32 bits per heavy atom. The van der Waals surface area contributed by atoms with Crippen LogP contribution in [0.1, 0.15) is 10.5 Å². The van der Waals surface area contributed by atoms with Crippen LogP contribution in [0.2, 0.25) is 0 Å². The lowest BCUT2D eigenvalue weighted by molar-refractivity contribution is 0.101. The fourth-order valence-electron chi connectivity index (χ4n) is 3.45. The van der Waals surface area contributed by atoms with Gasteiger partial charge < -0.3 is 24.1 Å². The van der Waals surface area contributed by atoms with Crippen LogP contribution < -0.4 is 19.5 Å². The van der Waals surface area contributed by atoms with Crippen LogP contribution in [-0.4, -0.2) is 51.0 Å². The Bertz CT molecular complexity index is 1250. The number of sulfone groups is 1. The minimum atomic E-state index is -3.56. The zero-order chi connectivity index (χ0) is 22.2. The molecule has 1 amide bonds. The summed E-state index contributed by atoms with van der Waals surface area (Å²) in [5.41, 5.74) is 1.43. The summed E-state index contributed by atoms with van der Waals surface area (Å²) in [4.78, 5) is 17.7.